The van der Waals surface area contributed by atoms with Gasteiger partial charge in [-0.25, -0.2) is 0 Å². The highest BCUT2D eigenvalue weighted by Crippen LogP contribution is 2.34. The van der Waals surface area contributed by atoms with Gasteiger partial charge in [0.2, 0.25) is 11.8 Å². The number of amides is 2. The second-order valence-corrected chi connectivity index (χ2v) is 7.13. The molecule has 2 amide bonds. The summed E-state index contributed by atoms with van der Waals surface area (Å²) < 4.78 is 5.39. The van der Waals surface area contributed by atoms with Crippen LogP contribution in [-0.4, -0.2) is 25.5 Å². The number of benzene rings is 2. The lowest BCUT2D eigenvalue weighted by molar-refractivity contribution is -0.119. The summed E-state index contributed by atoms with van der Waals surface area (Å²) >= 11 is 12.3. The number of carbonyl (C=O) groups is 2. The second-order valence-electron chi connectivity index (χ2n) is 6.31. The summed E-state index contributed by atoms with van der Waals surface area (Å²) in [4.78, 5) is 26.4. The van der Waals surface area contributed by atoms with Gasteiger partial charge in [-0.1, -0.05) is 29.3 Å². The molecule has 1 N–H and O–H groups in total. The fourth-order valence-electron chi connectivity index (χ4n) is 3.11. The quantitative estimate of drug-likeness (QED) is 0.782. The molecule has 0 unspecified atom stereocenters. The summed E-state index contributed by atoms with van der Waals surface area (Å²) in [6, 6.07) is 10.4. The van der Waals surface area contributed by atoms with E-state index >= 15 is 0 Å². The summed E-state index contributed by atoms with van der Waals surface area (Å²) in [6.07, 6.45) is 2.41. The molecule has 0 spiro atoms. The van der Waals surface area contributed by atoms with Crippen LogP contribution in [0, 0.1) is 0 Å². The molecule has 2 aromatic rings. The lowest BCUT2D eigenvalue weighted by atomic mass is 10.1. The molecule has 1 aliphatic heterocycles. The van der Waals surface area contributed by atoms with Crippen molar-refractivity contribution in [1.29, 1.82) is 0 Å². The van der Waals surface area contributed by atoms with Crippen LogP contribution in [0.25, 0.3) is 0 Å². The third-order valence-electron chi connectivity index (χ3n) is 4.48. The number of hydrogen-bond donors (Lipinski definition) is 1. The first-order valence-corrected chi connectivity index (χ1v) is 9.46. The maximum Gasteiger partial charge on any atom is 0.228 e. The maximum absolute atomic E-state index is 12.5. The Balaban J connectivity index is 1.80. The van der Waals surface area contributed by atoms with Gasteiger partial charge in [0.05, 0.1) is 19.2 Å². The Bertz CT molecular complexity index is 850. The van der Waals surface area contributed by atoms with Crippen molar-refractivity contribution in [2.24, 2.45) is 0 Å². The van der Waals surface area contributed by atoms with Crippen LogP contribution in [0.5, 0.6) is 5.75 Å². The van der Waals surface area contributed by atoms with Crippen LogP contribution in [0.2, 0.25) is 10.0 Å². The van der Waals surface area contributed by atoms with Crippen LogP contribution in [0.15, 0.2) is 36.4 Å². The summed E-state index contributed by atoms with van der Waals surface area (Å²) in [5.74, 6) is 0.411. The number of carbonyl (C=O) groups excluding carboxylic acids is 2. The highest BCUT2D eigenvalue weighted by molar-refractivity contribution is 6.36. The standard InChI is InChI=1S/C20H20Cl2N2O3/c1-27-18-9-8-13(11-17(18)24-10-3-2-7-20(24)26)23-19(25)12-14-15(21)5-4-6-16(14)22/h4-6,8-9,11H,2-3,7,10,12H2,1H3,(H,23,25). The molecule has 1 saturated heterocycles. The van der Waals surface area contributed by atoms with Crippen LogP contribution in [0.4, 0.5) is 11.4 Å². The van der Waals surface area contributed by atoms with Crippen molar-refractivity contribution in [3.05, 3.63) is 52.0 Å². The van der Waals surface area contributed by atoms with Crippen LogP contribution in [0.1, 0.15) is 24.8 Å². The summed E-state index contributed by atoms with van der Waals surface area (Å²) in [5, 5.41) is 3.74. The highest BCUT2D eigenvalue weighted by atomic mass is 35.5. The van der Waals surface area contributed by atoms with Crippen molar-refractivity contribution in [1.82, 2.24) is 0 Å². The van der Waals surface area contributed by atoms with E-state index < -0.39 is 0 Å². The Kier molecular flexibility index (Phi) is 6.24. The van der Waals surface area contributed by atoms with Gasteiger partial charge in [0.1, 0.15) is 5.75 Å². The van der Waals surface area contributed by atoms with Crippen molar-refractivity contribution in [2.75, 3.05) is 23.9 Å². The molecule has 1 aliphatic rings. The molecule has 142 valence electrons. The van der Waals surface area contributed by atoms with Crippen molar-refractivity contribution in [3.8, 4) is 5.75 Å². The largest absolute Gasteiger partial charge is 0.495 e. The predicted molar refractivity (Wildman–Crippen MR) is 108 cm³/mol. The van der Waals surface area contributed by atoms with E-state index in [9.17, 15) is 9.59 Å². The lowest BCUT2D eigenvalue weighted by Gasteiger charge is -2.28. The van der Waals surface area contributed by atoms with Crippen LogP contribution >= 0.6 is 23.2 Å². The molecule has 7 heteroatoms. The maximum atomic E-state index is 12.5. The predicted octanol–water partition coefficient (Wildman–Crippen LogP) is 4.70. The molecule has 0 aliphatic carbocycles. The molecule has 0 saturated carbocycles. The third-order valence-corrected chi connectivity index (χ3v) is 5.18. The number of nitrogens with zero attached hydrogens (tertiary/aromatic N) is 1. The molecule has 5 nitrogen and oxygen atoms in total. The number of nitrogens with one attached hydrogen (secondary N) is 1. The van der Waals surface area contributed by atoms with Crippen molar-refractivity contribution >= 4 is 46.4 Å². The van der Waals surface area contributed by atoms with E-state index in [0.717, 1.165) is 12.8 Å². The molecule has 1 fully saturated rings. The number of piperidine rings is 1. The highest BCUT2D eigenvalue weighted by Gasteiger charge is 2.23. The average molecular weight is 407 g/mol. The van der Waals surface area contributed by atoms with E-state index in [2.05, 4.69) is 5.32 Å². The molecular formula is C20H20Cl2N2O3. The van der Waals surface area contributed by atoms with E-state index in [1.54, 1.807) is 48.4 Å². The van der Waals surface area contributed by atoms with Gasteiger partial charge in [0.15, 0.2) is 0 Å². The van der Waals surface area contributed by atoms with E-state index in [1.807, 2.05) is 0 Å². The van der Waals surface area contributed by atoms with E-state index in [1.165, 1.54) is 0 Å². The number of hydrogen-bond acceptors (Lipinski definition) is 3. The third kappa shape index (κ3) is 4.54. The summed E-state index contributed by atoms with van der Waals surface area (Å²) in [6.45, 7) is 0.641. The van der Waals surface area contributed by atoms with Gasteiger partial charge >= 0.3 is 0 Å². The Morgan fingerprint density at radius 3 is 2.59 bits per heavy atom. The molecule has 1 heterocycles. The number of methoxy groups -OCH3 is 1. The zero-order chi connectivity index (χ0) is 19.4. The average Bonchev–Trinajstić information content (AvgIpc) is 2.65. The number of halogens is 2. The van der Waals surface area contributed by atoms with Crippen molar-refractivity contribution < 1.29 is 14.3 Å². The van der Waals surface area contributed by atoms with Gasteiger partial charge in [0.25, 0.3) is 0 Å². The summed E-state index contributed by atoms with van der Waals surface area (Å²) in [5.41, 5.74) is 1.83. The second kappa shape index (κ2) is 8.63. The van der Waals surface area contributed by atoms with Gasteiger partial charge in [-0.05, 0) is 48.7 Å². The molecule has 0 atom stereocenters. The van der Waals surface area contributed by atoms with Crippen LogP contribution in [0.3, 0.4) is 0 Å². The number of ether oxygens (including phenoxy) is 1. The first kappa shape index (κ1) is 19.5. The monoisotopic (exact) mass is 406 g/mol. The molecule has 0 aromatic heterocycles. The lowest BCUT2D eigenvalue weighted by Crippen LogP contribution is -2.35. The molecule has 2 aromatic carbocycles. The van der Waals surface area contributed by atoms with E-state index in [-0.39, 0.29) is 18.2 Å². The molecule has 0 bridgehead atoms. The molecule has 0 radical (unpaired) electrons. The fourth-order valence-corrected chi connectivity index (χ4v) is 3.64. The Morgan fingerprint density at radius 2 is 1.93 bits per heavy atom. The number of anilines is 2. The zero-order valence-electron chi connectivity index (χ0n) is 14.9. The van der Waals surface area contributed by atoms with Gasteiger partial charge in [-0.2, -0.15) is 0 Å². The summed E-state index contributed by atoms with van der Waals surface area (Å²) in [7, 11) is 1.56. The first-order valence-electron chi connectivity index (χ1n) is 8.70. The minimum absolute atomic E-state index is 0.0580. The molecule has 27 heavy (non-hydrogen) atoms. The van der Waals surface area contributed by atoms with Gasteiger partial charge < -0.3 is 15.0 Å². The van der Waals surface area contributed by atoms with E-state index in [4.69, 9.17) is 27.9 Å². The Hall–Kier alpha value is -2.24. The molecule has 3 rings (SSSR count). The van der Waals surface area contributed by atoms with Gasteiger partial charge in [0, 0.05) is 28.7 Å². The zero-order valence-corrected chi connectivity index (χ0v) is 16.4. The van der Waals surface area contributed by atoms with Crippen LogP contribution < -0.4 is 15.0 Å². The SMILES string of the molecule is COc1ccc(NC(=O)Cc2c(Cl)cccc2Cl)cc1N1CCCCC1=O. The van der Waals surface area contributed by atoms with Crippen molar-refractivity contribution in [3.63, 3.8) is 0 Å². The normalized spacial score (nSPS) is 14.2. The van der Waals surface area contributed by atoms with Gasteiger partial charge in [-0.15, -0.1) is 0 Å². The smallest absolute Gasteiger partial charge is 0.228 e. The van der Waals surface area contributed by atoms with Crippen molar-refractivity contribution in [2.45, 2.75) is 25.7 Å². The molecular weight excluding hydrogens is 387 g/mol. The topological polar surface area (TPSA) is 58.6 Å². The van der Waals surface area contributed by atoms with E-state index in [0.29, 0.717) is 45.7 Å². The van der Waals surface area contributed by atoms with Gasteiger partial charge in [-0.3, -0.25) is 9.59 Å². The Morgan fingerprint density at radius 1 is 1.19 bits per heavy atom. The minimum atomic E-state index is -0.244. The number of rotatable bonds is 5. The fraction of sp³-hybridized carbons (Fsp3) is 0.300. The van der Waals surface area contributed by atoms with Crippen LogP contribution in [-0.2, 0) is 16.0 Å². The first-order chi connectivity index (χ1) is 13.0. The minimum Gasteiger partial charge on any atom is -0.495 e. The Labute approximate surface area is 168 Å².